The van der Waals surface area contributed by atoms with Gasteiger partial charge in [0.2, 0.25) is 5.91 Å². The van der Waals surface area contributed by atoms with Gasteiger partial charge in [-0.1, -0.05) is 0 Å². The Morgan fingerprint density at radius 1 is 1.27 bits per heavy atom. The van der Waals surface area contributed by atoms with Gasteiger partial charge in [-0.3, -0.25) is 4.79 Å². The number of hydrogen-bond donors (Lipinski definition) is 4. The molecule has 64 valence electrons. The monoisotopic (exact) mass is 158 g/mol. The lowest BCUT2D eigenvalue weighted by atomic mass is 10.2. The molecule has 0 aromatic carbocycles. The van der Waals surface area contributed by atoms with Crippen LogP contribution in [0.15, 0.2) is 0 Å². The standard InChI is InChI=1S/C6H14N4O/c7-4-1-9-3-5(8)6(11)10-2-4/h4-5,9H,1-3,7-8H2,(H,10,11)/t4-,5+/m1/s1. The molecule has 1 fully saturated rings. The van der Waals surface area contributed by atoms with Crippen molar-refractivity contribution in [3.63, 3.8) is 0 Å². The molecule has 1 aliphatic heterocycles. The lowest BCUT2D eigenvalue weighted by Gasteiger charge is -2.21. The average molecular weight is 158 g/mol. The molecule has 5 nitrogen and oxygen atoms in total. The van der Waals surface area contributed by atoms with Crippen molar-refractivity contribution in [2.75, 3.05) is 19.6 Å². The van der Waals surface area contributed by atoms with Crippen LogP contribution in [0.3, 0.4) is 0 Å². The molecule has 11 heavy (non-hydrogen) atoms. The molecule has 0 radical (unpaired) electrons. The van der Waals surface area contributed by atoms with E-state index in [1.807, 2.05) is 0 Å². The van der Waals surface area contributed by atoms with Crippen molar-refractivity contribution in [1.82, 2.24) is 10.6 Å². The zero-order chi connectivity index (χ0) is 8.27. The smallest absolute Gasteiger partial charge is 0.238 e. The summed E-state index contributed by atoms with van der Waals surface area (Å²) in [5.41, 5.74) is 11.1. The summed E-state index contributed by atoms with van der Waals surface area (Å²) in [6, 6.07) is -0.450. The molecule has 1 aliphatic rings. The van der Waals surface area contributed by atoms with Crippen molar-refractivity contribution in [2.24, 2.45) is 11.5 Å². The Kier molecular flexibility index (Phi) is 2.81. The molecule has 1 saturated heterocycles. The van der Waals surface area contributed by atoms with Gasteiger partial charge in [-0.25, -0.2) is 0 Å². The molecule has 0 aliphatic carbocycles. The number of carbonyl (C=O) groups is 1. The van der Waals surface area contributed by atoms with Gasteiger partial charge in [0.15, 0.2) is 0 Å². The maximum absolute atomic E-state index is 11.0. The van der Waals surface area contributed by atoms with E-state index >= 15 is 0 Å². The van der Waals surface area contributed by atoms with Gasteiger partial charge in [0.05, 0.1) is 6.04 Å². The van der Waals surface area contributed by atoms with E-state index in [4.69, 9.17) is 11.5 Å². The van der Waals surface area contributed by atoms with Crippen molar-refractivity contribution in [1.29, 1.82) is 0 Å². The van der Waals surface area contributed by atoms with E-state index < -0.39 is 6.04 Å². The minimum atomic E-state index is -0.442. The Morgan fingerprint density at radius 3 is 2.73 bits per heavy atom. The van der Waals surface area contributed by atoms with Gasteiger partial charge in [0.25, 0.3) is 0 Å². The van der Waals surface area contributed by atoms with Gasteiger partial charge in [-0.05, 0) is 0 Å². The van der Waals surface area contributed by atoms with E-state index in [1.54, 1.807) is 0 Å². The number of hydrogen-bond acceptors (Lipinski definition) is 4. The predicted molar refractivity (Wildman–Crippen MR) is 41.8 cm³/mol. The fraction of sp³-hybridized carbons (Fsp3) is 0.833. The zero-order valence-electron chi connectivity index (χ0n) is 6.34. The van der Waals surface area contributed by atoms with Crippen molar-refractivity contribution >= 4 is 5.91 Å². The van der Waals surface area contributed by atoms with Crippen molar-refractivity contribution in [3.8, 4) is 0 Å². The Morgan fingerprint density at radius 2 is 2.00 bits per heavy atom. The summed E-state index contributed by atoms with van der Waals surface area (Å²) < 4.78 is 0. The SMILES string of the molecule is N[C@@H]1CNC[C@H](N)C(=O)NC1. The minimum Gasteiger partial charge on any atom is -0.353 e. The van der Waals surface area contributed by atoms with Gasteiger partial charge in [0, 0.05) is 25.7 Å². The first-order valence-electron chi connectivity index (χ1n) is 3.69. The van der Waals surface area contributed by atoms with Gasteiger partial charge in [0.1, 0.15) is 0 Å². The topological polar surface area (TPSA) is 93.2 Å². The molecule has 0 aromatic rings. The molecule has 5 heteroatoms. The predicted octanol–water partition coefficient (Wildman–Crippen LogP) is -2.64. The van der Waals surface area contributed by atoms with Crippen molar-refractivity contribution in [2.45, 2.75) is 12.1 Å². The van der Waals surface area contributed by atoms with E-state index in [0.717, 1.165) is 0 Å². The fourth-order valence-electron chi connectivity index (χ4n) is 0.952. The lowest BCUT2D eigenvalue weighted by molar-refractivity contribution is -0.122. The number of rotatable bonds is 0. The normalized spacial score (nSPS) is 33.8. The maximum atomic E-state index is 11.0. The molecular formula is C6H14N4O. The zero-order valence-corrected chi connectivity index (χ0v) is 6.34. The molecule has 1 heterocycles. The highest BCUT2D eigenvalue weighted by molar-refractivity contribution is 5.81. The first kappa shape index (κ1) is 8.45. The van der Waals surface area contributed by atoms with Crippen LogP contribution in [-0.4, -0.2) is 37.6 Å². The molecule has 0 bridgehead atoms. The largest absolute Gasteiger partial charge is 0.353 e. The summed E-state index contributed by atoms with van der Waals surface area (Å²) in [6.07, 6.45) is 0. The highest BCUT2D eigenvalue weighted by Gasteiger charge is 2.16. The summed E-state index contributed by atoms with van der Waals surface area (Å²) in [4.78, 5) is 11.0. The van der Waals surface area contributed by atoms with Gasteiger partial charge in [-0.15, -0.1) is 0 Å². The molecule has 0 saturated carbocycles. The summed E-state index contributed by atoms with van der Waals surface area (Å²) in [5, 5.41) is 5.66. The third-order valence-corrected chi connectivity index (χ3v) is 1.65. The molecule has 1 amide bonds. The first-order chi connectivity index (χ1) is 5.20. The number of carbonyl (C=O) groups excluding carboxylic acids is 1. The van der Waals surface area contributed by atoms with Gasteiger partial charge < -0.3 is 22.1 Å². The third kappa shape index (κ3) is 2.45. The van der Waals surface area contributed by atoms with Crippen LogP contribution in [-0.2, 0) is 4.79 Å². The average Bonchev–Trinajstić information content (AvgIpc) is 1.98. The highest BCUT2D eigenvalue weighted by Crippen LogP contribution is 1.83. The molecule has 2 atom stereocenters. The van der Waals surface area contributed by atoms with Crippen LogP contribution < -0.4 is 22.1 Å². The lowest BCUT2D eigenvalue weighted by Crippen LogP contribution is -2.55. The third-order valence-electron chi connectivity index (χ3n) is 1.65. The minimum absolute atomic E-state index is 0.00792. The molecule has 0 aromatic heterocycles. The summed E-state index contributed by atoms with van der Waals surface area (Å²) >= 11 is 0. The maximum Gasteiger partial charge on any atom is 0.238 e. The van der Waals surface area contributed by atoms with E-state index in [9.17, 15) is 4.79 Å². The van der Waals surface area contributed by atoms with E-state index in [2.05, 4.69) is 10.6 Å². The van der Waals surface area contributed by atoms with E-state index in [-0.39, 0.29) is 11.9 Å². The van der Waals surface area contributed by atoms with Crippen molar-refractivity contribution < 1.29 is 4.79 Å². The molecule has 6 N–H and O–H groups in total. The Bertz CT molecular complexity index is 150. The van der Waals surface area contributed by atoms with Gasteiger partial charge in [-0.2, -0.15) is 0 Å². The van der Waals surface area contributed by atoms with Crippen LogP contribution in [0.5, 0.6) is 0 Å². The van der Waals surface area contributed by atoms with E-state index in [1.165, 1.54) is 0 Å². The second-order valence-electron chi connectivity index (χ2n) is 2.77. The second-order valence-corrected chi connectivity index (χ2v) is 2.77. The second kappa shape index (κ2) is 3.66. The fourth-order valence-corrected chi connectivity index (χ4v) is 0.952. The van der Waals surface area contributed by atoms with Crippen LogP contribution in [0.2, 0.25) is 0 Å². The summed E-state index contributed by atoms with van der Waals surface area (Å²) in [6.45, 7) is 1.70. The molecule has 0 unspecified atom stereocenters. The van der Waals surface area contributed by atoms with Crippen LogP contribution in [0.4, 0.5) is 0 Å². The van der Waals surface area contributed by atoms with Crippen LogP contribution >= 0.6 is 0 Å². The Hall–Kier alpha value is -0.650. The van der Waals surface area contributed by atoms with Crippen LogP contribution in [0, 0.1) is 0 Å². The number of amides is 1. The quantitative estimate of drug-likeness (QED) is 0.310. The first-order valence-corrected chi connectivity index (χ1v) is 3.69. The summed E-state index contributed by atoms with van der Waals surface area (Å²) in [7, 11) is 0. The Balaban J connectivity index is 2.41. The number of nitrogens with one attached hydrogen (secondary N) is 2. The van der Waals surface area contributed by atoms with Crippen LogP contribution in [0.25, 0.3) is 0 Å². The molecule has 0 spiro atoms. The summed E-state index contributed by atoms with van der Waals surface area (Å²) in [5.74, 6) is -0.132. The Labute approximate surface area is 65.5 Å². The van der Waals surface area contributed by atoms with Crippen LogP contribution in [0.1, 0.15) is 0 Å². The van der Waals surface area contributed by atoms with Crippen molar-refractivity contribution in [3.05, 3.63) is 0 Å². The molecular weight excluding hydrogens is 144 g/mol. The number of nitrogens with two attached hydrogens (primary N) is 2. The molecule has 1 rings (SSSR count). The highest BCUT2D eigenvalue weighted by atomic mass is 16.2. The van der Waals surface area contributed by atoms with Gasteiger partial charge >= 0.3 is 0 Å². The van der Waals surface area contributed by atoms with E-state index in [0.29, 0.717) is 19.6 Å².